The summed E-state index contributed by atoms with van der Waals surface area (Å²) in [6, 6.07) is 12.3. The van der Waals surface area contributed by atoms with Crippen LogP contribution in [0.15, 0.2) is 53.1 Å². The smallest absolute Gasteiger partial charge is 0.277 e. The highest BCUT2D eigenvalue weighted by Gasteiger charge is 2.14. The fourth-order valence-corrected chi connectivity index (χ4v) is 2.49. The minimum Gasteiger partial charge on any atom is -0.356 e. The van der Waals surface area contributed by atoms with Crippen LogP contribution >= 0.6 is 23.2 Å². The molecule has 0 aliphatic rings. The molecule has 0 spiro atoms. The number of nitrogens with one attached hydrogen (secondary N) is 1. The number of aromatic nitrogens is 1. The van der Waals surface area contributed by atoms with Crippen LogP contribution in [-0.4, -0.2) is 16.0 Å². The van der Waals surface area contributed by atoms with Crippen molar-refractivity contribution in [2.24, 2.45) is 0 Å². The molecule has 1 aromatic heterocycles. The molecule has 0 bridgehead atoms. The molecule has 1 N–H and O–H groups in total. The van der Waals surface area contributed by atoms with Crippen molar-refractivity contribution in [2.45, 2.75) is 0 Å². The lowest BCUT2D eigenvalue weighted by Gasteiger charge is -2.05. The Bertz CT molecular complexity index is 1030. The number of nitro groups is 1. The van der Waals surface area contributed by atoms with Crippen LogP contribution in [0.3, 0.4) is 0 Å². The van der Waals surface area contributed by atoms with Gasteiger partial charge in [0.25, 0.3) is 11.6 Å². The van der Waals surface area contributed by atoms with Gasteiger partial charge in [0.1, 0.15) is 0 Å². The van der Waals surface area contributed by atoms with Gasteiger partial charge < -0.3 is 9.84 Å². The minimum absolute atomic E-state index is 0.00505. The average molecular weight is 404 g/mol. The van der Waals surface area contributed by atoms with Crippen LogP contribution in [0.2, 0.25) is 10.0 Å². The fourth-order valence-electron chi connectivity index (χ4n) is 2.15. The third-order valence-corrected chi connectivity index (χ3v) is 4.32. The molecule has 0 aliphatic heterocycles. The summed E-state index contributed by atoms with van der Waals surface area (Å²) in [5, 5.41) is 17.5. The van der Waals surface area contributed by atoms with E-state index in [1.54, 1.807) is 42.5 Å². The van der Waals surface area contributed by atoms with Crippen molar-refractivity contribution in [3.63, 3.8) is 0 Å². The Morgan fingerprint density at radius 2 is 1.89 bits per heavy atom. The zero-order valence-corrected chi connectivity index (χ0v) is 15.1. The molecule has 7 nitrogen and oxygen atoms in total. The summed E-state index contributed by atoms with van der Waals surface area (Å²) in [6.45, 7) is 0. The van der Waals surface area contributed by atoms with Gasteiger partial charge in [0.15, 0.2) is 11.5 Å². The summed E-state index contributed by atoms with van der Waals surface area (Å²) in [6.07, 6.45) is 3.27. The molecule has 136 valence electrons. The molecule has 0 unspecified atom stereocenters. The van der Waals surface area contributed by atoms with Gasteiger partial charge in [-0.2, -0.15) is 0 Å². The molecule has 0 radical (unpaired) electrons. The SMILES string of the molecule is O=C(Nc1cccc(Cl)c1Cl)c1cc(/C=C\c2ccc([N+](=O)[O-])cc2)on1. The molecule has 1 amide bonds. The van der Waals surface area contributed by atoms with Crippen LogP contribution in [0, 0.1) is 10.1 Å². The number of nitrogens with zero attached hydrogens (tertiary/aromatic N) is 2. The van der Waals surface area contributed by atoms with Gasteiger partial charge in [-0.25, -0.2) is 0 Å². The second kappa shape index (κ2) is 8.03. The van der Waals surface area contributed by atoms with Gasteiger partial charge in [0, 0.05) is 18.2 Å². The van der Waals surface area contributed by atoms with E-state index in [-0.39, 0.29) is 16.4 Å². The molecule has 0 atom stereocenters. The van der Waals surface area contributed by atoms with Crippen molar-refractivity contribution in [3.8, 4) is 0 Å². The van der Waals surface area contributed by atoms with Gasteiger partial charge in [0.05, 0.1) is 20.7 Å². The number of non-ortho nitro benzene ring substituents is 1. The van der Waals surface area contributed by atoms with E-state index in [1.807, 2.05) is 0 Å². The molecule has 0 aliphatic carbocycles. The predicted molar refractivity (Wildman–Crippen MR) is 103 cm³/mol. The Kier molecular flexibility index (Phi) is 5.54. The molecule has 3 aromatic rings. The van der Waals surface area contributed by atoms with Crippen molar-refractivity contribution >= 4 is 52.6 Å². The summed E-state index contributed by atoms with van der Waals surface area (Å²) >= 11 is 11.9. The van der Waals surface area contributed by atoms with E-state index < -0.39 is 10.8 Å². The van der Waals surface area contributed by atoms with E-state index in [4.69, 9.17) is 27.7 Å². The van der Waals surface area contributed by atoms with Gasteiger partial charge in [0.2, 0.25) is 0 Å². The number of halogens is 2. The molecule has 0 saturated carbocycles. The first-order valence-electron chi connectivity index (χ1n) is 7.58. The van der Waals surface area contributed by atoms with Crippen LogP contribution in [-0.2, 0) is 0 Å². The van der Waals surface area contributed by atoms with Gasteiger partial charge in [-0.15, -0.1) is 0 Å². The molecule has 3 rings (SSSR count). The summed E-state index contributed by atoms with van der Waals surface area (Å²) in [5.41, 5.74) is 1.16. The van der Waals surface area contributed by atoms with Crippen LogP contribution in [0.25, 0.3) is 12.2 Å². The normalized spacial score (nSPS) is 10.9. The third-order valence-electron chi connectivity index (χ3n) is 3.50. The summed E-state index contributed by atoms with van der Waals surface area (Å²) in [7, 11) is 0. The number of carbonyl (C=O) groups excluding carboxylic acids is 1. The highest BCUT2D eigenvalue weighted by atomic mass is 35.5. The molecule has 9 heteroatoms. The summed E-state index contributed by atoms with van der Waals surface area (Å²) in [5.74, 6) is -0.159. The molecule has 0 saturated heterocycles. The highest BCUT2D eigenvalue weighted by Crippen LogP contribution is 2.29. The van der Waals surface area contributed by atoms with Gasteiger partial charge >= 0.3 is 0 Å². The van der Waals surface area contributed by atoms with Crippen LogP contribution in [0.1, 0.15) is 21.8 Å². The van der Waals surface area contributed by atoms with E-state index >= 15 is 0 Å². The molecular weight excluding hydrogens is 393 g/mol. The first-order valence-corrected chi connectivity index (χ1v) is 8.34. The fraction of sp³-hybridized carbons (Fsp3) is 0. The Balaban J connectivity index is 1.69. The lowest BCUT2D eigenvalue weighted by Crippen LogP contribution is -2.12. The maximum absolute atomic E-state index is 12.2. The number of benzene rings is 2. The maximum atomic E-state index is 12.2. The van der Waals surface area contributed by atoms with Crippen LogP contribution in [0.5, 0.6) is 0 Å². The van der Waals surface area contributed by atoms with Crippen molar-refractivity contribution in [1.29, 1.82) is 0 Å². The van der Waals surface area contributed by atoms with E-state index in [2.05, 4.69) is 10.5 Å². The van der Waals surface area contributed by atoms with Gasteiger partial charge in [-0.05, 0) is 35.9 Å². The molecule has 0 fully saturated rings. The van der Waals surface area contributed by atoms with Crippen molar-refractivity contribution in [2.75, 3.05) is 5.32 Å². The Morgan fingerprint density at radius 3 is 2.59 bits per heavy atom. The number of hydrogen-bond donors (Lipinski definition) is 1. The number of amides is 1. The number of nitro benzene ring substituents is 1. The number of anilines is 1. The molecule has 27 heavy (non-hydrogen) atoms. The quantitative estimate of drug-likeness (QED) is 0.459. The Labute approximate surface area is 163 Å². The van der Waals surface area contributed by atoms with E-state index in [0.29, 0.717) is 16.5 Å². The van der Waals surface area contributed by atoms with Crippen molar-refractivity contribution in [3.05, 3.63) is 85.7 Å². The zero-order chi connectivity index (χ0) is 19.4. The Hall–Kier alpha value is -3.16. The van der Waals surface area contributed by atoms with Gasteiger partial charge in [-0.1, -0.05) is 40.5 Å². The van der Waals surface area contributed by atoms with E-state index in [1.165, 1.54) is 18.2 Å². The summed E-state index contributed by atoms with van der Waals surface area (Å²) < 4.78 is 5.10. The van der Waals surface area contributed by atoms with Crippen molar-refractivity contribution < 1.29 is 14.2 Å². The molecule has 2 aromatic carbocycles. The Morgan fingerprint density at radius 1 is 1.15 bits per heavy atom. The first kappa shape index (κ1) is 18.6. The number of rotatable bonds is 5. The van der Waals surface area contributed by atoms with Crippen LogP contribution in [0.4, 0.5) is 11.4 Å². The molecule has 1 heterocycles. The van der Waals surface area contributed by atoms with Gasteiger partial charge in [-0.3, -0.25) is 14.9 Å². The van der Waals surface area contributed by atoms with Crippen molar-refractivity contribution in [1.82, 2.24) is 5.16 Å². The molecular formula is C18H11Cl2N3O4. The third kappa shape index (κ3) is 4.52. The monoisotopic (exact) mass is 403 g/mol. The topological polar surface area (TPSA) is 98.3 Å². The minimum atomic E-state index is -0.502. The number of carbonyl (C=O) groups is 1. The second-order valence-corrected chi connectivity index (χ2v) is 6.14. The highest BCUT2D eigenvalue weighted by molar-refractivity contribution is 6.44. The first-order chi connectivity index (χ1) is 12.9. The average Bonchev–Trinajstić information content (AvgIpc) is 3.13. The number of hydrogen-bond acceptors (Lipinski definition) is 5. The lowest BCUT2D eigenvalue weighted by atomic mass is 10.2. The summed E-state index contributed by atoms with van der Waals surface area (Å²) in [4.78, 5) is 22.4. The van der Waals surface area contributed by atoms with Crippen LogP contribution < -0.4 is 5.32 Å². The lowest BCUT2D eigenvalue weighted by molar-refractivity contribution is -0.384. The largest absolute Gasteiger partial charge is 0.356 e. The van der Waals surface area contributed by atoms with E-state index in [0.717, 1.165) is 5.56 Å². The standard InChI is InChI=1S/C18H11Cl2N3O4/c19-14-2-1-3-15(17(14)20)21-18(24)16-10-13(27-22-16)9-6-11-4-7-12(8-5-11)23(25)26/h1-10H,(H,21,24)/b9-6-. The second-order valence-electron chi connectivity index (χ2n) is 5.35. The predicted octanol–water partition coefficient (Wildman–Crippen LogP) is 5.31. The van der Waals surface area contributed by atoms with E-state index in [9.17, 15) is 14.9 Å². The maximum Gasteiger partial charge on any atom is 0.277 e. The zero-order valence-electron chi connectivity index (χ0n) is 13.6.